The first-order valence-electron chi connectivity index (χ1n) is 4.97. The third kappa shape index (κ3) is 3.03. The van der Waals surface area contributed by atoms with Gasteiger partial charge in [0.05, 0.1) is 18.2 Å². The van der Waals surface area contributed by atoms with Crippen molar-refractivity contribution in [1.29, 1.82) is 0 Å². The molecule has 0 saturated carbocycles. The van der Waals surface area contributed by atoms with Gasteiger partial charge in [0.15, 0.2) is 0 Å². The Hall–Kier alpha value is -0.960. The summed E-state index contributed by atoms with van der Waals surface area (Å²) in [5.41, 5.74) is 0.311. The van der Waals surface area contributed by atoms with Crippen LogP contribution in [0.1, 0.15) is 16.8 Å². The van der Waals surface area contributed by atoms with Crippen molar-refractivity contribution in [3.63, 3.8) is 0 Å². The van der Waals surface area contributed by atoms with Crippen molar-refractivity contribution >= 4 is 27.3 Å². The predicted molar refractivity (Wildman–Crippen MR) is 62.4 cm³/mol. The van der Waals surface area contributed by atoms with Gasteiger partial charge in [0.25, 0.3) is 5.91 Å². The lowest BCUT2D eigenvalue weighted by Gasteiger charge is -2.08. The van der Waals surface area contributed by atoms with Crippen LogP contribution in [-0.4, -0.2) is 33.6 Å². The minimum atomic E-state index is -3.73. The highest BCUT2D eigenvalue weighted by Crippen LogP contribution is 2.19. The Kier molecular flexibility index (Phi) is 3.48. The normalized spacial score (nSPS) is 20.4. The van der Waals surface area contributed by atoms with Gasteiger partial charge in [-0.2, -0.15) is 0 Å². The van der Waals surface area contributed by atoms with E-state index in [2.05, 4.69) is 5.32 Å². The van der Waals surface area contributed by atoms with Crippen molar-refractivity contribution in [3.8, 4) is 0 Å². The fourth-order valence-electron chi connectivity index (χ4n) is 1.50. The highest BCUT2D eigenvalue weighted by Gasteiger charge is 2.20. The quantitative estimate of drug-likeness (QED) is 0.806. The highest BCUT2D eigenvalue weighted by atomic mass is 32.2. The Morgan fingerprint density at radius 1 is 1.59 bits per heavy atom. The highest BCUT2D eigenvalue weighted by molar-refractivity contribution is 7.91. The first-order valence-corrected chi connectivity index (χ1v) is 7.39. The van der Waals surface area contributed by atoms with Crippen LogP contribution in [0, 0.1) is 0 Å². The van der Waals surface area contributed by atoms with Crippen LogP contribution in [0.15, 0.2) is 15.7 Å². The van der Waals surface area contributed by atoms with Crippen LogP contribution in [0.25, 0.3) is 0 Å². The molecule has 1 unspecified atom stereocenters. The van der Waals surface area contributed by atoms with Gasteiger partial charge in [0, 0.05) is 12.0 Å². The van der Waals surface area contributed by atoms with Crippen LogP contribution in [0.4, 0.5) is 0 Å². The summed E-state index contributed by atoms with van der Waals surface area (Å²) in [4.78, 5) is 11.7. The van der Waals surface area contributed by atoms with E-state index in [1.165, 1.54) is 11.4 Å². The van der Waals surface area contributed by atoms with E-state index in [9.17, 15) is 13.2 Å². The summed E-state index contributed by atoms with van der Waals surface area (Å²) in [6.07, 6.45) is 0.776. The van der Waals surface area contributed by atoms with E-state index in [4.69, 9.17) is 9.88 Å². The molecule has 1 fully saturated rings. The van der Waals surface area contributed by atoms with Gasteiger partial charge < -0.3 is 10.1 Å². The molecule has 1 aliphatic heterocycles. The first-order chi connectivity index (χ1) is 7.97. The molecule has 1 amide bonds. The SMILES string of the molecule is NS(=O)(=O)c1cc(C(=O)NC2CCOC2)cs1. The summed E-state index contributed by atoms with van der Waals surface area (Å²) < 4.78 is 27.2. The van der Waals surface area contributed by atoms with E-state index >= 15 is 0 Å². The number of amides is 1. The van der Waals surface area contributed by atoms with Gasteiger partial charge >= 0.3 is 0 Å². The number of rotatable bonds is 3. The smallest absolute Gasteiger partial charge is 0.252 e. The zero-order chi connectivity index (χ0) is 12.5. The molecule has 0 aromatic carbocycles. The molecular formula is C9H12N2O4S2. The van der Waals surface area contributed by atoms with Crippen molar-refractivity contribution < 1.29 is 17.9 Å². The molecular weight excluding hydrogens is 264 g/mol. The van der Waals surface area contributed by atoms with Gasteiger partial charge in [-0.3, -0.25) is 4.79 Å². The van der Waals surface area contributed by atoms with Crippen molar-refractivity contribution in [3.05, 3.63) is 17.0 Å². The molecule has 0 aliphatic carbocycles. The van der Waals surface area contributed by atoms with Crippen LogP contribution in [-0.2, 0) is 14.8 Å². The van der Waals surface area contributed by atoms with Crippen LogP contribution in [0.3, 0.4) is 0 Å². The number of carbonyl (C=O) groups excluding carboxylic acids is 1. The fourth-order valence-corrected chi connectivity index (χ4v) is 3.09. The van der Waals surface area contributed by atoms with Crippen LogP contribution < -0.4 is 10.5 Å². The lowest BCUT2D eigenvalue weighted by molar-refractivity contribution is 0.0930. The topological polar surface area (TPSA) is 98.5 Å². The number of carbonyl (C=O) groups is 1. The maximum Gasteiger partial charge on any atom is 0.252 e. The maximum absolute atomic E-state index is 11.7. The van der Waals surface area contributed by atoms with Gasteiger partial charge in [-0.25, -0.2) is 13.6 Å². The lowest BCUT2D eigenvalue weighted by Crippen LogP contribution is -2.34. The Balaban J connectivity index is 2.07. The second-order valence-electron chi connectivity index (χ2n) is 3.73. The third-order valence-corrected chi connectivity index (χ3v) is 4.77. The first kappa shape index (κ1) is 12.5. The Morgan fingerprint density at radius 3 is 2.88 bits per heavy atom. The number of sulfonamides is 1. The van der Waals surface area contributed by atoms with Crippen LogP contribution in [0.5, 0.6) is 0 Å². The van der Waals surface area contributed by atoms with Crippen molar-refractivity contribution in [2.45, 2.75) is 16.7 Å². The van der Waals surface area contributed by atoms with E-state index < -0.39 is 10.0 Å². The standard InChI is InChI=1S/C9H12N2O4S2/c10-17(13,14)8-3-6(5-16-8)9(12)11-7-1-2-15-4-7/h3,5,7H,1-2,4H2,(H,11,12)(H2,10,13,14). The number of primary sulfonamides is 1. The Labute approximate surface area is 103 Å². The largest absolute Gasteiger partial charge is 0.379 e. The molecule has 1 saturated heterocycles. The average Bonchev–Trinajstić information content (AvgIpc) is 2.85. The molecule has 2 heterocycles. The third-order valence-electron chi connectivity index (χ3n) is 2.38. The van der Waals surface area contributed by atoms with E-state index in [1.54, 1.807) is 0 Å². The number of nitrogens with two attached hydrogens (primary N) is 1. The minimum Gasteiger partial charge on any atom is -0.379 e. The van der Waals surface area contributed by atoms with E-state index in [0.29, 0.717) is 18.8 Å². The summed E-state index contributed by atoms with van der Waals surface area (Å²) in [5.74, 6) is -0.299. The van der Waals surface area contributed by atoms with E-state index in [1.807, 2.05) is 0 Å². The van der Waals surface area contributed by atoms with Gasteiger partial charge in [-0.15, -0.1) is 11.3 Å². The molecule has 6 nitrogen and oxygen atoms in total. The summed E-state index contributed by atoms with van der Waals surface area (Å²) in [6.45, 7) is 1.13. The number of thiophene rings is 1. The molecule has 17 heavy (non-hydrogen) atoms. The minimum absolute atomic E-state index is 0.000309. The molecule has 0 spiro atoms. The van der Waals surface area contributed by atoms with Crippen molar-refractivity contribution in [2.75, 3.05) is 13.2 Å². The van der Waals surface area contributed by atoms with Gasteiger partial charge in [-0.05, 0) is 12.5 Å². The van der Waals surface area contributed by atoms with Crippen LogP contribution in [0.2, 0.25) is 0 Å². The zero-order valence-corrected chi connectivity index (χ0v) is 10.5. The second kappa shape index (κ2) is 4.73. The van der Waals surface area contributed by atoms with E-state index in [0.717, 1.165) is 17.8 Å². The van der Waals surface area contributed by atoms with Gasteiger partial charge in [-0.1, -0.05) is 0 Å². The van der Waals surface area contributed by atoms with Crippen LogP contribution >= 0.6 is 11.3 Å². The monoisotopic (exact) mass is 276 g/mol. The molecule has 8 heteroatoms. The number of nitrogens with one attached hydrogen (secondary N) is 1. The summed E-state index contributed by atoms with van der Waals surface area (Å²) in [5, 5.41) is 9.21. The lowest BCUT2D eigenvalue weighted by atomic mass is 10.2. The van der Waals surface area contributed by atoms with E-state index in [-0.39, 0.29) is 16.2 Å². The molecule has 1 aromatic rings. The molecule has 3 N–H and O–H groups in total. The number of hydrogen-bond donors (Lipinski definition) is 2. The predicted octanol–water partition coefficient (Wildman–Crippen LogP) is -0.0858. The molecule has 0 radical (unpaired) electrons. The number of ether oxygens (including phenoxy) is 1. The average molecular weight is 276 g/mol. The van der Waals surface area contributed by atoms with Crippen molar-refractivity contribution in [2.24, 2.45) is 5.14 Å². The maximum atomic E-state index is 11.7. The molecule has 1 aromatic heterocycles. The van der Waals surface area contributed by atoms with Gasteiger partial charge in [0.1, 0.15) is 4.21 Å². The summed E-state index contributed by atoms with van der Waals surface area (Å²) >= 11 is 0.938. The number of hydrogen-bond acceptors (Lipinski definition) is 5. The molecule has 1 atom stereocenters. The summed E-state index contributed by atoms with van der Waals surface area (Å²) in [6, 6.07) is 1.28. The molecule has 2 rings (SSSR count). The molecule has 0 bridgehead atoms. The molecule has 94 valence electrons. The van der Waals surface area contributed by atoms with Crippen molar-refractivity contribution in [1.82, 2.24) is 5.32 Å². The molecule has 1 aliphatic rings. The Morgan fingerprint density at radius 2 is 2.35 bits per heavy atom. The fraction of sp³-hybridized carbons (Fsp3) is 0.444. The Bertz CT molecular complexity index is 517. The summed E-state index contributed by atoms with van der Waals surface area (Å²) in [7, 11) is -3.73. The zero-order valence-electron chi connectivity index (χ0n) is 8.88. The second-order valence-corrected chi connectivity index (χ2v) is 6.43. The van der Waals surface area contributed by atoms with Gasteiger partial charge in [0.2, 0.25) is 10.0 Å².